The van der Waals surface area contributed by atoms with Gasteiger partial charge in [0.25, 0.3) is 0 Å². The first kappa shape index (κ1) is 25.3. The zero-order valence-electron chi connectivity index (χ0n) is 17.2. The summed E-state index contributed by atoms with van der Waals surface area (Å²) < 4.78 is 20.6. The number of aliphatic hydroxyl groups is 6. The summed E-state index contributed by atoms with van der Waals surface area (Å²) in [5.41, 5.74) is -1.57. The molecular formula is C20H26O13. The maximum Gasteiger partial charge on any atom is 0.333 e. The Balaban J connectivity index is 1.58. The van der Waals surface area contributed by atoms with Crippen molar-refractivity contribution in [1.82, 2.24) is 0 Å². The SMILES string of the molecule is O=C(C=Cc1ccc(O)c(O)c1)O[C@@H]1O[C@H](CO[C@@H]2OC[C@](O)(CO)[C@H]2O)[C@@H](O)[C@H](O)[C@H]1O. The van der Waals surface area contributed by atoms with Crippen LogP contribution in [0, 0.1) is 0 Å². The molecule has 8 atom stereocenters. The average molecular weight is 474 g/mol. The van der Waals surface area contributed by atoms with Gasteiger partial charge < -0.3 is 59.8 Å². The van der Waals surface area contributed by atoms with Gasteiger partial charge in [-0.3, -0.25) is 0 Å². The summed E-state index contributed by atoms with van der Waals surface area (Å²) in [6, 6.07) is 3.81. The van der Waals surface area contributed by atoms with Crippen molar-refractivity contribution in [1.29, 1.82) is 0 Å². The van der Waals surface area contributed by atoms with Gasteiger partial charge in [0.1, 0.15) is 36.1 Å². The van der Waals surface area contributed by atoms with E-state index in [2.05, 4.69) is 0 Å². The number of aromatic hydroxyl groups is 2. The Morgan fingerprint density at radius 1 is 1.09 bits per heavy atom. The van der Waals surface area contributed by atoms with Gasteiger partial charge in [-0.05, 0) is 23.8 Å². The molecule has 13 nitrogen and oxygen atoms in total. The second kappa shape index (κ2) is 10.3. The van der Waals surface area contributed by atoms with E-state index in [-0.39, 0.29) is 5.75 Å². The molecule has 0 radical (unpaired) electrons. The summed E-state index contributed by atoms with van der Waals surface area (Å²) in [4.78, 5) is 12.1. The lowest BCUT2D eigenvalue weighted by Gasteiger charge is -2.39. The lowest BCUT2D eigenvalue weighted by molar-refractivity contribution is -0.300. The molecule has 1 aromatic carbocycles. The van der Waals surface area contributed by atoms with Gasteiger partial charge >= 0.3 is 5.97 Å². The molecule has 0 bridgehead atoms. The number of rotatable bonds is 7. The van der Waals surface area contributed by atoms with Crippen molar-refractivity contribution in [3.8, 4) is 11.5 Å². The van der Waals surface area contributed by atoms with Crippen LogP contribution < -0.4 is 0 Å². The molecule has 184 valence electrons. The lowest BCUT2D eigenvalue weighted by atomic mass is 9.99. The first-order valence-corrected chi connectivity index (χ1v) is 9.90. The molecule has 2 aliphatic rings. The molecule has 0 saturated carbocycles. The van der Waals surface area contributed by atoms with E-state index < -0.39 is 80.2 Å². The summed E-state index contributed by atoms with van der Waals surface area (Å²) in [6.07, 6.45) is -8.99. The van der Waals surface area contributed by atoms with E-state index in [4.69, 9.17) is 24.1 Å². The normalized spacial score (nSPS) is 36.8. The van der Waals surface area contributed by atoms with E-state index in [0.29, 0.717) is 5.56 Å². The highest BCUT2D eigenvalue weighted by molar-refractivity contribution is 5.87. The molecule has 8 N–H and O–H groups in total. The maximum atomic E-state index is 12.1. The van der Waals surface area contributed by atoms with Gasteiger partial charge in [0.2, 0.25) is 6.29 Å². The first-order chi connectivity index (χ1) is 15.6. The highest BCUT2D eigenvalue weighted by Crippen LogP contribution is 2.28. The van der Waals surface area contributed by atoms with Crippen LogP contribution >= 0.6 is 0 Å². The fourth-order valence-corrected chi connectivity index (χ4v) is 3.24. The molecule has 0 aromatic heterocycles. The quantitative estimate of drug-likeness (QED) is 0.112. The van der Waals surface area contributed by atoms with Gasteiger partial charge in [0.05, 0.1) is 19.8 Å². The highest BCUT2D eigenvalue weighted by Gasteiger charge is 2.50. The third-order valence-corrected chi connectivity index (χ3v) is 5.32. The van der Waals surface area contributed by atoms with Crippen LogP contribution in [0.4, 0.5) is 0 Å². The summed E-state index contributed by atoms with van der Waals surface area (Å²) in [5, 5.41) is 78.2. The van der Waals surface area contributed by atoms with Crippen molar-refractivity contribution in [3.05, 3.63) is 29.8 Å². The van der Waals surface area contributed by atoms with Gasteiger partial charge in [-0.25, -0.2) is 4.79 Å². The molecule has 2 saturated heterocycles. The van der Waals surface area contributed by atoms with Gasteiger partial charge in [0.15, 0.2) is 17.8 Å². The fourth-order valence-electron chi connectivity index (χ4n) is 3.24. The Morgan fingerprint density at radius 2 is 1.82 bits per heavy atom. The number of carbonyl (C=O) groups is 1. The summed E-state index contributed by atoms with van der Waals surface area (Å²) in [5.74, 6) is -1.73. The second-order valence-corrected chi connectivity index (χ2v) is 7.75. The number of phenols is 2. The molecule has 1 aromatic rings. The monoisotopic (exact) mass is 474 g/mol. The molecule has 0 unspecified atom stereocenters. The number of benzene rings is 1. The van der Waals surface area contributed by atoms with E-state index in [1.165, 1.54) is 24.3 Å². The Hall–Kier alpha value is -2.33. The number of carbonyl (C=O) groups excluding carboxylic acids is 1. The van der Waals surface area contributed by atoms with E-state index in [1.54, 1.807) is 0 Å². The summed E-state index contributed by atoms with van der Waals surface area (Å²) in [7, 11) is 0. The van der Waals surface area contributed by atoms with Gasteiger partial charge in [-0.1, -0.05) is 6.07 Å². The van der Waals surface area contributed by atoms with Crippen molar-refractivity contribution in [2.24, 2.45) is 0 Å². The van der Waals surface area contributed by atoms with E-state index in [0.717, 1.165) is 6.08 Å². The van der Waals surface area contributed by atoms with Gasteiger partial charge in [-0.2, -0.15) is 0 Å². The molecule has 0 amide bonds. The Bertz CT molecular complexity index is 860. The van der Waals surface area contributed by atoms with E-state index >= 15 is 0 Å². The van der Waals surface area contributed by atoms with Crippen LogP contribution in [0.15, 0.2) is 24.3 Å². The van der Waals surface area contributed by atoms with Crippen LogP contribution in [-0.4, -0.2) is 115 Å². The summed E-state index contributed by atoms with van der Waals surface area (Å²) in [6.45, 7) is -1.68. The number of phenolic OH excluding ortho intramolecular Hbond substituents is 2. The largest absolute Gasteiger partial charge is 0.504 e. The predicted molar refractivity (Wildman–Crippen MR) is 105 cm³/mol. The number of ether oxygens (including phenoxy) is 4. The van der Waals surface area contributed by atoms with Crippen molar-refractivity contribution in [2.45, 2.75) is 48.7 Å². The molecular weight excluding hydrogens is 448 g/mol. The predicted octanol–water partition coefficient (Wildman–Crippen LogP) is -3.08. The van der Waals surface area contributed by atoms with Crippen molar-refractivity contribution in [2.75, 3.05) is 19.8 Å². The molecule has 0 aliphatic carbocycles. The molecule has 2 fully saturated rings. The third-order valence-electron chi connectivity index (χ3n) is 5.32. The molecule has 2 heterocycles. The molecule has 2 aliphatic heterocycles. The van der Waals surface area contributed by atoms with Crippen molar-refractivity contribution >= 4 is 12.0 Å². The minimum Gasteiger partial charge on any atom is -0.504 e. The van der Waals surface area contributed by atoms with Crippen LogP contribution in [0.3, 0.4) is 0 Å². The second-order valence-electron chi connectivity index (χ2n) is 7.75. The minimum absolute atomic E-state index is 0.342. The van der Waals surface area contributed by atoms with Gasteiger partial charge in [0, 0.05) is 6.08 Å². The molecule has 3 rings (SSSR count). The number of aliphatic hydroxyl groups excluding tert-OH is 5. The highest BCUT2D eigenvalue weighted by atomic mass is 16.7. The maximum absolute atomic E-state index is 12.1. The van der Waals surface area contributed by atoms with Crippen LogP contribution in [0.5, 0.6) is 11.5 Å². The molecule has 33 heavy (non-hydrogen) atoms. The topological polar surface area (TPSA) is 216 Å². The standard InChI is InChI=1S/C20H26O13/c21-7-20(29)8-31-19(17(20)28)30-6-12-14(25)15(26)16(27)18(32-12)33-13(24)4-2-9-1-3-10(22)11(23)5-9/h1-5,12,14-19,21-23,25-29H,6-8H2/t12-,14-,15+,16-,17+,18+,19-,20-/m1/s1. The summed E-state index contributed by atoms with van der Waals surface area (Å²) >= 11 is 0. The number of hydrogen-bond acceptors (Lipinski definition) is 13. The Morgan fingerprint density at radius 3 is 2.45 bits per heavy atom. The molecule has 13 heteroatoms. The molecule has 0 spiro atoms. The van der Waals surface area contributed by atoms with E-state index in [1.807, 2.05) is 0 Å². The Labute approximate surface area is 187 Å². The van der Waals surface area contributed by atoms with Crippen molar-refractivity contribution < 1.29 is 64.6 Å². The lowest BCUT2D eigenvalue weighted by Crippen LogP contribution is -2.60. The third kappa shape index (κ3) is 5.60. The zero-order valence-corrected chi connectivity index (χ0v) is 17.2. The number of hydrogen-bond donors (Lipinski definition) is 8. The first-order valence-electron chi connectivity index (χ1n) is 9.90. The number of esters is 1. The fraction of sp³-hybridized carbons (Fsp3) is 0.550. The van der Waals surface area contributed by atoms with E-state index in [9.17, 15) is 40.5 Å². The van der Waals surface area contributed by atoms with Crippen LogP contribution in [0.2, 0.25) is 0 Å². The smallest absolute Gasteiger partial charge is 0.333 e. The van der Waals surface area contributed by atoms with Crippen LogP contribution in [-0.2, 0) is 23.7 Å². The van der Waals surface area contributed by atoms with Crippen molar-refractivity contribution in [3.63, 3.8) is 0 Å². The Kier molecular flexibility index (Phi) is 7.89. The van der Waals surface area contributed by atoms with Crippen LogP contribution in [0.1, 0.15) is 5.56 Å². The van der Waals surface area contributed by atoms with Gasteiger partial charge in [-0.15, -0.1) is 0 Å². The van der Waals surface area contributed by atoms with Crippen LogP contribution in [0.25, 0.3) is 6.08 Å². The average Bonchev–Trinajstić information content (AvgIpc) is 3.08. The minimum atomic E-state index is -1.93. The zero-order chi connectivity index (χ0) is 24.3.